The first-order valence-corrected chi connectivity index (χ1v) is 13.0. The number of unbranched alkanes of at least 4 members (excludes halogenated alkanes) is 3. The number of ether oxygens (including phenoxy) is 1. The van der Waals surface area contributed by atoms with Gasteiger partial charge in [0.05, 0.1) is 29.2 Å². The Morgan fingerprint density at radius 1 is 1.00 bits per heavy atom. The Hall–Kier alpha value is -3.15. The molecule has 0 saturated heterocycles. The van der Waals surface area contributed by atoms with Gasteiger partial charge >= 0.3 is 0 Å². The number of amides is 1. The molecule has 0 aliphatic carbocycles. The first kappa shape index (κ1) is 26.5. The van der Waals surface area contributed by atoms with Gasteiger partial charge in [0, 0.05) is 12.5 Å². The van der Waals surface area contributed by atoms with Crippen molar-refractivity contribution in [3.63, 3.8) is 0 Å². The zero-order chi connectivity index (χ0) is 25.4. The third-order valence-electron chi connectivity index (χ3n) is 6.30. The van der Waals surface area contributed by atoms with Crippen molar-refractivity contribution in [3.8, 4) is 11.4 Å². The molecule has 1 heterocycles. The van der Waals surface area contributed by atoms with Crippen LogP contribution in [0.4, 0.5) is 0 Å². The highest BCUT2D eigenvalue weighted by molar-refractivity contribution is 5.80. The molecule has 1 unspecified atom stereocenters. The van der Waals surface area contributed by atoms with Crippen molar-refractivity contribution in [1.82, 2.24) is 14.5 Å². The second kappa shape index (κ2) is 12.5. The number of para-hydroxylation sites is 1. The Bertz CT molecular complexity index is 1170. The highest BCUT2D eigenvalue weighted by atomic mass is 16.5. The molecule has 0 aliphatic heterocycles. The number of rotatable bonds is 12. The molecule has 3 aromatic rings. The van der Waals surface area contributed by atoms with E-state index >= 15 is 0 Å². The topological polar surface area (TPSA) is 64.4 Å². The molecule has 0 fully saturated rings. The number of carbonyl (C=O) groups is 1. The van der Waals surface area contributed by atoms with Crippen LogP contribution < -0.4 is 10.3 Å². The number of benzene rings is 2. The predicted molar refractivity (Wildman–Crippen MR) is 142 cm³/mol. The van der Waals surface area contributed by atoms with Gasteiger partial charge in [0.15, 0.2) is 0 Å². The molecular formula is C29H39N3O3. The lowest BCUT2D eigenvalue weighted by molar-refractivity contribution is -0.137. The van der Waals surface area contributed by atoms with Crippen molar-refractivity contribution in [2.75, 3.05) is 13.2 Å². The SMILES string of the molecule is CCCCCCN(C(=O)C(C)C)C(CC)c1nc2ccccc2c(=O)n1-c1ccc(OCC)cc1. The van der Waals surface area contributed by atoms with Crippen LogP contribution in [0, 0.1) is 5.92 Å². The van der Waals surface area contributed by atoms with E-state index in [1.165, 1.54) is 0 Å². The zero-order valence-electron chi connectivity index (χ0n) is 21.8. The second-order valence-corrected chi connectivity index (χ2v) is 9.23. The van der Waals surface area contributed by atoms with Gasteiger partial charge in [-0.15, -0.1) is 0 Å². The first-order chi connectivity index (χ1) is 16.9. The molecule has 2 aromatic carbocycles. The highest BCUT2D eigenvalue weighted by Gasteiger charge is 2.30. The number of fused-ring (bicyclic) bond motifs is 1. The Balaban J connectivity index is 2.18. The van der Waals surface area contributed by atoms with Gasteiger partial charge in [-0.3, -0.25) is 14.2 Å². The smallest absolute Gasteiger partial charge is 0.266 e. The molecule has 1 amide bonds. The maximum Gasteiger partial charge on any atom is 0.266 e. The molecule has 188 valence electrons. The van der Waals surface area contributed by atoms with Gasteiger partial charge < -0.3 is 9.64 Å². The van der Waals surface area contributed by atoms with Gasteiger partial charge in [0.1, 0.15) is 11.6 Å². The maximum absolute atomic E-state index is 13.8. The van der Waals surface area contributed by atoms with E-state index in [2.05, 4.69) is 13.8 Å². The van der Waals surface area contributed by atoms with Crippen molar-refractivity contribution in [3.05, 3.63) is 64.7 Å². The molecule has 0 bridgehead atoms. The number of hydrogen-bond donors (Lipinski definition) is 0. The minimum atomic E-state index is -0.310. The third kappa shape index (κ3) is 6.11. The lowest BCUT2D eigenvalue weighted by atomic mass is 10.1. The van der Waals surface area contributed by atoms with Crippen LogP contribution in [0.25, 0.3) is 16.6 Å². The summed E-state index contributed by atoms with van der Waals surface area (Å²) in [6, 6.07) is 14.6. The summed E-state index contributed by atoms with van der Waals surface area (Å²) in [4.78, 5) is 34.1. The van der Waals surface area contributed by atoms with Crippen LogP contribution in [0.3, 0.4) is 0 Å². The molecule has 0 saturated carbocycles. The van der Waals surface area contributed by atoms with E-state index < -0.39 is 0 Å². The monoisotopic (exact) mass is 477 g/mol. The normalized spacial score (nSPS) is 12.2. The lowest BCUT2D eigenvalue weighted by Gasteiger charge is -2.33. The summed E-state index contributed by atoms with van der Waals surface area (Å²) in [5.74, 6) is 1.30. The summed E-state index contributed by atoms with van der Waals surface area (Å²) in [7, 11) is 0. The van der Waals surface area contributed by atoms with E-state index in [1.54, 1.807) is 4.57 Å². The first-order valence-electron chi connectivity index (χ1n) is 13.0. The fourth-order valence-corrected chi connectivity index (χ4v) is 4.48. The lowest BCUT2D eigenvalue weighted by Crippen LogP contribution is -2.41. The number of carbonyl (C=O) groups excluding carboxylic acids is 1. The van der Waals surface area contributed by atoms with Crippen molar-refractivity contribution >= 4 is 16.8 Å². The summed E-state index contributed by atoms with van der Waals surface area (Å²) >= 11 is 0. The second-order valence-electron chi connectivity index (χ2n) is 9.23. The molecule has 6 heteroatoms. The molecule has 0 spiro atoms. The summed E-state index contributed by atoms with van der Waals surface area (Å²) in [5.41, 5.74) is 1.24. The van der Waals surface area contributed by atoms with Crippen LogP contribution in [0.1, 0.15) is 78.6 Å². The molecular weight excluding hydrogens is 438 g/mol. The average Bonchev–Trinajstić information content (AvgIpc) is 2.86. The number of hydrogen-bond acceptors (Lipinski definition) is 4. The van der Waals surface area contributed by atoms with Gasteiger partial charge in [-0.2, -0.15) is 0 Å². The van der Waals surface area contributed by atoms with Crippen molar-refractivity contribution in [2.45, 2.75) is 72.8 Å². The Labute approximate surface area is 208 Å². The number of aromatic nitrogens is 2. The summed E-state index contributed by atoms with van der Waals surface area (Å²) in [6.45, 7) is 11.3. The maximum atomic E-state index is 13.8. The van der Waals surface area contributed by atoms with E-state index in [9.17, 15) is 9.59 Å². The molecule has 1 atom stereocenters. The fraction of sp³-hybridized carbons (Fsp3) is 0.483. The summed E-state index contributed by atoms with van der Waals surface area (Å²) in [6.07, 6.45) is 4.95. The van der Waals surface area contributed by atoms with E-state index in [4.69, 9.17) is 9.72 Å². The predicted octanol–water partition coefficient (Wildman–Crippen LogP) is 6.30. The Kier molecular flexibility index (Phi) is 9.47. The molecule has 3 rings (SSSR count). The van der Waals surface area contributed by atoms with Crippen LogP contribution >= 0.6 is 0 Å². The third-order valence-corrected chi connectivity index (χ3v) is 6.30. The minimum absolute atomic E-state index is 0.0917. The fourth-order valence-electron chi connectivity index (χ4n) is 4.48. The van der Waals surface area contributed by atoms with Gasteiger partial charge in [-0.25, -0.2) is 4.98 Å². The van der Waals surface area contributed by atoms with Crippen LogP contribution in [0.2, 0.25) is 0 Å². The van der Waals surface area contributed by atoms with Gasteiger partial charge in [0.2, 0.25) is 5.91 Å². The van der Waals surface area contributed by atoms with Gasteiger partial charge in [0.25, 0.3) is 5.56 Å². The molecule has 35 heavy (non-hydrogen) atoms. The Morgan fingerprint density at radius 2 is 1.71 bits per heavy atom. The molecule has 0 aliphatic rings. The van der Waals surface area contributed by atoms with Crippen LogP contribution in [-0.2, 0) is 4.79 Å². The molecule has 6 nitrogen and oxygen atoms in total. The van der Waals surface area contributed by atoms with E-state index in [-0.39, 0.29) is 23.4 Å². The van der Waals surface area contributed by atoms with Crippen molar-refractivity contribution in [1.29, 1.82) is 0 Å². The van der Waals surface area contributed by atoms with Crippen LogP contribution in [0.5, 0.6) is 5.75 Å². The van der Waals surface area contributed by atoms with Crippen molar-refractivity contribution < 1.29 is 9.53 Å². The zero-order valence-corrected chi connectivity index (χ0v) is 21.8. The van der Waals surface area contributed by atoms with Gasteiger partial charge in [-0.1, -0.05) is 59.1 Å². The molecule has 0 N–H and O–H groups in total. The largest absolute Gasteiger partial charge is 0.494 e. The molecule has 1 aromatic heterocycles. The molecule has 0 radical (unpaired) electrons. The van der Waals surface area contributed by atoms with Crippen LogP contribution in [-0.4, -0.2) is 33.5 Å². The minimum Gasteiger partial charge on any atom is -0.494 e. The highest BCUT2D eigenvalue weighted by Crippen LogP contribution is 2.28. The standard InChI is InChI=1S/C29H39N3O3/c1-6-9-10-13-20-31(28(33)21(4)5)26(7-2)27-30-25-15-12-11-14-24(25)29(34)32(27)22-16-18-23(19-17-22)35-8-3/h11-12,14-19,21,26H,6-10,13,20H2,1-5H3. The average molecular weight is 478 g/mol. The Morgan fingerprint density at radius 3 is 2.34 bits per heavy atom. The van der Waals surface area contributed by atoms with Gasteiger partial charge in [-0.05, 0) is 56.2 Å². The number of nitrogens with zero attached hydrogens (tertiary/aromatic N) is 3. The summed E-state index contributed by atoms with van der Waals surface area (Å²) < 4.78 is 7.28. The van der Waals surface area contributed by atoms with E-state index in [0.29, 0.717) is 42.0 Å². The summed E-state index contributed by atoms with van der Waals surface area (Å²) in [5, 5.41) is 0.560. The van der Waals surface area contributed by atoms with E-state index in [0.717, 1.165) is 31.4 Å². The van der Waals surface area contributed by atoms with E-state index in [1.807, 2.05) is 74.2 Å². The van der Waals surface area contributed by atoms with Crippen molar-refractivity contribution in [2.24, 2.45) is 5.92 Å². The van der Waals surface area contributed by atoms with Crippen LogP contribution in [0.15, 0.2) is 53.3 Å². The quantitative estimate of drug-likeness (QED) is 0.287.